The van der Waals surface area contributed by atoms with E-state index in [9.17, 15) is 18.0 Å². The van der Waals surface area contributed by atoms with Crippen molar-refractivity contribution in [1.29, 1.82) is 0 Å². The summed E-state index contributed by atoms with van der Waals surface area (Å²) in [6.07, 6.45) is -0.564. The van der Waals surface area contributed by atoms with Gasteiger partial charge in [0.05, 0.1) is 5.56 Å². The first-order chi connectivity index (χ1) is 9.84. The molecule has 2 aliphatic heterocycles. The number of aryl methyl sites for hydroxylation is 1. The first kappa shape index (κ1) is 14.6. The molecule has 0 spiro atoms. The normalized spacial score (nSPS) is 28.7. The summed E-state index contributed by atoms with van der Waals surface area (Å²) in [7, 11) is 0. The fraction of sp³-hybridized carbons (Fsp3) is 0.562. The fourth-order valence-corrected chi connectivity index (χ4v) is 3.64. The summed E-state index contributed by atoms with van der Waals surface area (Å²) in [6.45, 7) is 1.41. The van der Waals surface area contributed by atoms with Crippen LogP contribution < -0.4 is 5.32 Å². The smallest absolute Gasteiger partial charge is 0.311 e. The van der Waals surface area contributed by atoms with E-state index in [2.05, 4.69) is 5.32 Å². The molecule has 1 aromatic rings. The molecule has 0 amide bonds. The number of alkyl halides is 3. The van der Waals surface area contributed by atoms with Crippen molar-refractivity contribution in [2.75, 3.05) is 0 Å². The molecule has 2 bridgehead atoms. The van der Waals surface area contributed by atoms with Crippen molar-refractivity contribution in [3.05, 3.63) is 34.9 Å². The highest BCUT2D eigenvalue weighted by Gasteiger charge is 2.37. The van der Waals surface area contributed by atoms with Gasteiger partial charge in [0.1, 0.15) is 0 Å². The number of piperidine rings is 1. The van der Waals surface area contributed by atoms with E-state index in [4.69, 9.17) is 0 Å². The molecule has 2 aliphatic rings. The zero-order valence-electron chi connectivity index (χ0n) is 11.8. The number of hydrogen-bond acceptors (Lipinski definition) is 2. The van der Waals surface area contributed by atoms with Crippen LogP contribution in [-0.4, -0.2) is 17.9 Å². The Bertz CT molecular complexity index is 555. The van der Waals surface area contributed by atoms with Crippen LogP contribution in [0, 0.1) is 12.8 Å². The zero-order chi connectivity index (χ0) is 15.2. The standard InChI is InChI=1S/C16H18F3NO/c1-9-6-10(2-5-14(9)16(17,18)19)15(21)11-7-12-3-4-13(8-11)20-12/h2,5-6,11-13,20H,3-4,7-8H2,1H3. The van der Waals surface area contributed by atoms with Crippen LogP contribution in [0.5, 0.6) is 0 Å². The Balaban J connectivity index is 1.81. The number of halogens is 3. The average Bonchev–Trinajstić information content (AvgIpc) is 2.75. The first-order valence-electron chi connectivity index (χ1n) is 7.32. The van der Waals surface area contributed by atoms with Gasteiger partial charge < -0.3 is 5.32 Å². The Kier molecular flexibility index (Phi) is 3.56. The third kappa shape index (κ3) is 2.84. The van der Waals surface area contributed by atoms with Crippen LogP contribution >= 0.6 is 0 Å². The SMILES string of the molecule is Cc1cc(C(=O)C2CC3CCC(C2)N3)ccc1C(F)(F)F. The van der Waals surface area contributed by atoms with E-state index in [0.29, 0.717) is 17.6 Å². The van der Waals surface area contributed by atoms with Gasteiger partial charge in [0.25, 0.3) is 0 Å². The molecule has 2 nitrogen and oxygen atoms in total. The molecular formula is C16H18F3NO. The van der Waals surface area contributed by atoms with Gasteiger partial charge in [-0.05, 0) is 50.3 Å². The Morgan fingerprint density at radius 1 is 1.19 bits per heavy atom. The van der Waals surface area contributed by atoms with Crippen LogP contribution in [0.3, 0.4) is 0 Å². The lowest BCUT2D eigenvalue weighted by atomic mass is 9.85. The number of benzene rings is 1. The summed E-state index contributed by atoms with van der Waals surface area (Å²) in [5, 5.41) is 3.47. The minimum Gasteiger partial charge on any atom is -0.311 e. The minimum absolute atomic E-state index is 0.00905. The van der Waals surface area contributed by atoms with E-state index in [1.807, 2.05) is 0 Å². The molecule has 21 heavy (non-hydrogen) atoms. The Morgan fingerprint density at radius 3 is 2.33 bits per heavy atom. The molecule has 3 rings (SSSR count). The van der Waals surface area contributed by atoms with E-state index in [0.717, 1.165) is 31.7 Å². The second-order valence-electron chi connectivity index (χ2n) is 6.20. The van der Waals surface area contributed by atoms with Crippen molar-refractivity contribution >= 4 is 5.78 Å². The zero-order valence-corrected chi connectivity index (χ0v) is 11.8. The summed E-state index contributed by atoms with van der Waals surface area (Å²) >= 11 is 0. The number of carbonyl (C=O) groups excluding carboxylic acids is 1. The van der Waals surface area contributed by atoms with Crippen molar-refractivity contribution in [3.63, 3.8) is 0 Å². The largest absolute Gasteiger partial charge is 0.416 e. The number of rotatable bonds is 2. The Hall–Kier alpha value is -1.36. The van der Waals surface area contributed by atoms with Gasteiger partial charge in [0.15, 0.2) is 5.78 Å². The average molecular weight is 297 g/mol. The predicted octanol–water partition coefficient (Wildman–Crippen LogP) is 3.73. The minimum atomic E-state index is -4.36. The molecule has 114 valence electrons. The van der Waals surface area contributed by atoms with Crippen molar-refractivity contribution in [2.45, 2.75) is 50.9 Å². The van der Waals surface area contributed by atoms with Gasteiger partial charge in [0.2, 0.25) is 0 Å². The quantitative estimate of drug-likeness (QED) is 0.843. The van der Waals surface area contributed by atoms with E-state index >= 15 is 0 Å². The maximum absolute atomic E-state index is 12.8. The van der Waals surface area contributed by atoms with Crippen LogP contribution in [-0.2, 0) is 6.18 Å². The van der Waals surface area contributed by atoms with Gasteiger partial charge in [-0.1, -0.05) is 6.07 Å². The lowest BCUT2D eigenvalue weighted by molar-refractivity contribution is -0.138. The van der Waals surface area contributed by atoms with Gasteiger partial charge in [-0.3, -0.25) is 4.79 Å². The molecule has 0 radical (unpaired) electrons. The molecule has 0 aliphatic carbocycles. The highest BCUT2D eigenvalue weighted by Crippen LogP contribution is 2.35. The third-order valence-electron chi connectivity index (χ3n) is 4.66. The number of ketones is 1. The van der Waals surface area contributed by atoms with E-state index in [-0.39, 0.29) is 17.3 Å². The topological polar surface area (TPSA) is 29.1 Å². The predicted molar refractivity (Wildman–Crippen MR) is 73.2 cm³/mol. The van der Waals surface area contributed by atoms with Crippen LogP contribution in [0.1, 0.15) is 47.2 Å². The van der Waals surface area contributed by atoms with Gasteiger partial charge in [-0.15, -0.1) is 0 Å². The fourth-order valence-electron chi connectivity index (χ4n) is 3.64. The highest BCUT2D eigenvalue weighted by molar-refractivity contribution is 5.98. The molecule has 5 heteroatoms. The molecule has 1 N–H and O–H groups in total. The molecule has 1 aromatic carbocycles. The van der Waals surface area contributed by atoms with Gasteiger partial charge in [0, 0.05) is 23.6 Å². The van der Waals surface area contributed by atoms with Gasteiger partial charge in [-0.2, -0.15) is 13.2 Å². The highest BCUT2D eigenvalue weighted by atomic mass is 19.4. The first-order valence-corrected chi connectivity index (χ1v) is 7.32. The molecule has 2 unspecified atom stereocenters. The number of nitrogens with one attached hydrogen (secondary N) is 1. The van der Waals surface area contributed by atoms with Crippen LogP contribution in [0.2, 0.25) is 0 Å². The summed E-state index contributed by atoms with van der Waals surface area (Å²) < 4.78 is 38.3. The number of fused-ring (bicyclic) bond motifs is 2. The van der Waals surface area contributed by atoms with E-state index < -0.39 is 11.7 Å². The second kappa shape index (κ2) is 5.13. The molecule has 2 heterocycles. The van der Waals surface area contributed by atoms with Crippen LogP contribution in [0.25, 0.3) is 0 Å². The van der Waals surface area contributed by atoms with E-state index in [1.165, 1.54) is 19.1 Å². The summed E-state index contributed by atoms with van der Waals surface area (Å²) in [6, 6.07) is 4.52. The third-order valence-corrected chi connectivity index (χ3v) is 4.66. The number of hydrogen-bond donors (Lipinski definition) is 1. The van der Waals surface area contributed by atoms with Crippen molar-refractivity contribution in [2.24, 2.45) is 5.92 Å². The van der Waals surface area contributed by atoms with Crippen LogP contribution in [0.15, 0.2) is 18.2 Å². The lowest BCUT2D eigenvalue weighted by Gasteiger charge is -2.28. The summed E-state index contributed by atoms with van der Waals surface area (Å²) in [5.74, 6) is -0.0647. The van der Waals surface area contributed by atoms with Crippen molar-refractivity contribution < 1.29 is 18.0 Å². The van der Waals surface area contributed by atoms with Crippen molar-refractivity contribution in [3.8, 4) is 0 Å². The lowest BCUT2D eigenvalue weighted by Crippen LogP contribution is -2.40. The molecule has 2 saturated heterocycles. The number of carbonyl (C=O) groups is 1. The molecule has 2 atom stereocenters. The van der Waals surface area contributed by atoms with E-state index in [1.54, 1.807) is 0 Å². The molecule has 0 saturated carbocycles. The monoisotopic (exact) mass is 297 g/mol. The Labute approximate surface area is 121 Å². The summed E-state index contributed by atoms with van der Waals surface area (Å²) in [4.78, 5) is 12.5. The second-order valence-corrected chi connectivity index (χ2v) is 6.20. The molecule has 0 aromatic heterocycles. The maximum atomic E-state index is 12.8. The summed E-state index contributed by atoms with van der Waals surface area (Å²) in [5.41, 5.74) is -0.138. The van der Waals surface area contributed by atoms with Crippen molar-refractivity contribution in [1.82, 2.24) is 5.32 Å². The molecule has 2 fully saturated rings. The van der Waals surface area contributed by atoms with Crippen LogP contribution in [0.4, 0.5) is 13.2 Å². The molecular weight excluding hydrogens is 279 g/mol. The van der Waals surface area contributed by atoms with Gasteiger partial charge in [-0.25, -0.2) is 0 Å². The maximum Gasteiger partial charge on any atom is 0.416 e. The number of Topliss-reactive ketones (excluding diaryl/α,β-unsaturated/α-hetero) is 1. The Morgan fingerprint density at radius 2 is 1.81 bits per heavy atom. The van der Waals surface area contributed by atoms with Gasteiger partial charge >= 0.3 is 6.18 Å².